The van der Waals surface area contributed by atoms with E-state index in [1.54, 1.807) is 38.1 Å². The summed E-state index contributed by atoms with van der Waals surface area (Å²) in [5, 5.41) is 9.12. The lowest BCUT2D eigenvalue weighted by molar-refractivity contribution is -0.112. The van der Waals surface area contributed by atoms with E-state index in [2.05, 4.69) is 31.4 Å². The summed E-state index contributed by atoms with van der Waals surface area (Å²) >= 11 is -1.54. The summed E-state index contributed by atoms with van der Waals surface area (Å²) in [6.45, 7) is 11.9. The number of nitrogens with one attached hydrogen (secondary N) is 3. The number of aromatic nitrogens is 1. The largest absolute Gasteiger partial charge is 0.574 e. The molecule has 0 spiro atoms. The molecule has 14 heteroatoms. The second-order valence-corrected chi connectivity index (χ2v) is 11.0. The molecule has 2 aliphatic rings. The van der Waals surface area contributed by atoms with Crippen molar-refractivity contribution in [3.05, 3.63) is 101 Å². The first-order valence-electron chi connectivity index (χ1n) is 14.2. The van der Waals surface area contributed by atoms with Gasteiger partial charge in [-0.25, -0.2) is 14.4 Å². The monoisotopic (exact) mass is 635 g/mol. The molecule has 2 radical (unpaired) electrons. The van der Waals surface area contributed by atoms with Crippen molar-refractivity contribution in [1.29, 1.82) is 0 Å². The highest BCUT2D eigenvalue weighted by atomic mass is 32.2. The van der Waals surface area contributed by atoms with Gasteiger partial charge >= 0.3 is 0 Å². The van der Waals surface area contributed by atoms with Crippen molar-refractivity contribution < 1.29 is 23.2 Å². The number of pyridine rings is 1. The predicted octanol–water partition coefficient (Wildman–Crippen LogP) is 3.30. The van der Waals surface area contributed by atoms with Gasteiger partial charge in [-0.1, -0.05) is 24.8 Å². The molecular formula is C31H39BFN7O4S. The van der Waals surface area contributed by atoms with E-state index in [0.29, 0.717) is 54.3 Å². The number of hydrogen-bond donors (Lipinski definition) is 4. The molecule has 0 aliphatic carbocycles. The van der Waals surface area contributed by atoms with Crippen molar-refractivity contribution in [2.75, 3.05) is 31.2 Å². The van der Waals surface area contributed by atoms with Crippen LogP contribution in [0.25, 0.3) is 0 Å². The van der Waals surface area contributed by atoms with Crippen molar-refractivity contribution in [3.63, 3.8) is 0 Å². The molecular weight excluding hydrogens is 596 g/mol. The van der Waals surface area contributed by atoms with Crippen LogP contribution in [0.15, 0.2) is 100 Å². The normalized spacial score (nSPS) is 19.4. The standard InChI is InChI=1S/C31H39BFN7O4S/c1-6-8-24(33)31(20(2)3)44-29-15-22(5)27(18-36-29)40-28(34)16-23(17-37-40)30(41)26-10-7-9-21(4)25(11-12-35-26)39-45(42)38-13-14-43-19-32/h6,8-11,15-18,28,35,38-39H,2,7,12-14,19,34H2,1,3-5H3/b8-6-,21-9?,25-11?,26-10-,31-24-. The van der Waals surface area contributed by atoms with Crippen LogP contribution < -0.4 is 30.2 Å². The number of Topliss-reactive ketones (excluding diaryl/α,β-unsaturated/α-hetero) is 1. The molecule has 0 fully saturated rings. The van der Waals surface area contributed by atoms with Crippen molar-refractivity contribution in [2.24, 2.45) is 10.8 Å². The van der Waals surface area contributed by atoms with E-state index in [0.717, 1.165) is 11.1 Å². The van der Waals surface area contributed by atoms with Gasteiger partial charge in [0.1, 0.15) is 14.0 Å². The van der Waals surface area contributed by atoms with E-state index >= 15 is 0 Å². The van der Waals surface area contributed by atoms with E-state index in [1.165, 1.54) is 23.5 Å². The van der Waals surface area contributed by atoms with Crippen LogP contribution in [0.2, 0.25) is 0 Å². The number of aryl methyl sites for hydroxylation is 1. The number of ether oxygens (including phenoxy) is 2. The van der Waals surface area contributed by atoms with Gasteiger partial charge in [-0.15, -0.1) is 4.72 Å². The first-order valence-corrected chi connectivity index (χ1v) is 15.4. The summed E-state index contributed by atoms with van der Waals surface area (Å²) in [5.74, 6) is -0.652. The Morgan fingerprint density at radius 2 is 2.16 bits per heavy atom. The SMILES string of the molecule is [B]COCCN[S+]([O-])NC1=CCN/C(C(=O)C2=CC(N)N(c3cnc(O/C(C(=C)C)=C(F)/C=C\C)cc3C)N=C2)=C\CC=C1C. The number of allylic oxidation sites excluding steroid dienone is 8. The Kier molecular flexibility index (Phi) is 13.8. The van der Waals surface area contributed by atoms with E-state index < -0.39 is 23.5 Å². The number of rotatable bonds is 14. The van der Waals surface area contributed by atoms with Crippen molar-refractivity contribution in [1.82, 2.24) is 19.7 Å². The van der Waals surface area contributed by atoms with Gasteiger partial charge in [-0.05, 0) is 69.1 Å². The molecule has 0 amide bonds. The third-order valence-electron chi connectivity index (χ3n) is 6.46. The summed E-state index contributed by atoms with van der Waals surface area (Å²) < 4.78 is 43.3. The molecule has 2 unspecified atom stereocenters. The zero-order chi connectivity index (χ0) is 32.9. The minimum atomic E-state index is -1.54. The highest BCUT2D eigenvalue weighted by Crippen LogP contribution is 2.28. The number of carbonyl (C=O) groups excluding carboxylic acids is 1. The van der Waals surface area contributed by atoms with Crippen LogP contribution in [0, 0.1) is 6.92 Å². The molecule has 3 heterocycles. The van der Waals surface area contributed by atoms with Gasteiger partial charge in [-0.3, -0.25) is 4.79 Å². The third-order valence-corrected chi connectivity index (χ3v) is 7.33. The summed E-state index contributed by atoms with van der Waals surface area (Å²) in [6.07, 6.45) is 12.7. The molecule has 45 heavy (non-hydrogen) atoms. The van der Waals surface area contributed by atoms with Crippen LogP contribution in [0.5, 0.6) is 5.88 Å². The van der Waals surface area contributed by atoms with Crippen molar-refractivity contribution in [2.45, 2.75) is 40.3 Å². The number of carbonyl (C=O) groups is 1. The van der Waals surface area contributed by atoms with E-state index in [-0.39, 0.29) is 23.9 Å². The van der Waals surface area contributed by atoms with Crippen LogP contribution in [0.1, 0.15) is 32.8 Å². The van der Waals surface area contributed by atoms with Gasteiger partial charge in [0.25, 0.3) is 0 Å². The second-order valence-electron chi connectivity index (χ2n) is 9.98. The lowest BCUT2D eigenvalue weighted by Crippen LogP contribution is -2.41. The maximum Gasteiger partial charge on any atom is 0.219 e. The molecule has 0 saturated carbocycles. The number of nitrogens with zero attached hydrogens (tertiary/aromatic N) is 3. The fourth-order valence-electron chi connectivity index (χ4n) is 4.18. The highest BCUT2D eigenvalue weighted by molar-refractivity contribution is 7.87. The predicted molar refractivity (Wildman–Crippen MR) is 178 cm³/mol. The molecule has 2 atom stereocenters. The molecule has 0 aromatic carbocycles. The minimum absolute atomic E-state index is 0.00966. The van der Waals surface area contributed by atoms with Crippen molar-refractivity contribution in [3.8, 4) is 5.88 Å². The molecule has 1 aromatic heterocycles. The van der Waals surface area contributed by atoms with Crippen LogP contribution in [0.4, 0.5) is 10.1 Å². The maximum absolute atomic E-state index is 14.4. The Bertz CT molecular complexity index is 1470. The number of halogens is 1. The first kappa shape index (κ1) is 35.5. The molecule has 1 aromatic rings. The fourth-order valence-corrected chi connectivity index (χ4v) is 4.96. The number of nitrogens with two attached hydrogens (primary N) is 1. The summed E-state index contributed by atoms with van der Waals surface area (Å²) in [7, 11) is 5.29. The van der Waals surface area contributed by atoms with E-state index in [9.17, 15) is 13.7 Å². The van der Waals surface area contributed by atoms with Gasteiger partial charge in [-0.2, -0.15) is 9.82 Å². The molecule has 5 N–H and O–H groups in total. The topological polar surface area (TPSA) is 149 Å². The lowest BCUT2D eigenvalue weighted by atomic mass is 10.1. The second kappa shape index (κ2) is 17.5. The molecule has 0 bridgehead atoms. The van der Waals surface area contributed by atoms with Crippen molar-refractivity contribution >= 4 is 37.1 Å². The number of hydrazone groups is 1. The smallest absolute Gasteiger partial charge is 0.219 e. The Balaban J connectivity index is 1.67. The number of anilines is 1. The van der Waals surface area contributed by atoms with Crippen LogP contribution in [-0.4, -0.2) is 61.7 Å². The summed E-state index contributed by atoms with van der Waals surface area (Å²) in [4.78, 5) is 17.7. The Hall–Kier alpha value is -3.95. The molecule has 11 nitrogen and oxygen atoms in total. The fraction of sp³-hybridized carbons (Fsp3) is 0.323. The average molecular weight is 636 g/mol. The number of ketones is 1. The molecule has 238 valence electrons. The van der Waals surface area contributed by atoms with E-state index in [4.69, 9.17) is 23.1 Å². The van der Waals surface area contributed by atoms with Crippen LogP contribution in [-0.2, 0) is 21.1 Å². The van der Waals surface area contributed by atoms with Crippen LogP contribution >= 0.6 is 0 Å². The Labute approximate surface area is 268 Å². The first-order chi connectivity index (χ1) is 21.5. The zero-order valence-corrected chi connectivity index (χ0v) is 26.7. The third kappa shape index (κ3) is 10.3. The van der Waals surface area contributed by atoms with Gasteiger partial charge in [0, 0.05) is 24.7 Å². The summed E-state index contributed by atoms with van der Waals surface area (Å²) in [6, 6.07) is 1.65. The summed E-state index contributed by atoms with van der Waals surface area (Å²) in [5.41, 5.74) is 10.4. The lowest BCUT2D eigenvalue weighted by Gasteiger charge is -2.28. The molecule has 2 aliphatic heterocycles. The van der Waals surface area contributed by atoms with Crippen LogP contribution in [0.3, 0.4) is 0 Å². The van der Waals surface area contributed by atoms with Gasteiger partial charge in [0.05, 0.1) is 42.6 Å². The highest BCUT2D eigenvalue weighted by Gasteiger charge is 2.24. The Morgan fingerprint density at radius 3 is 2.82 bits per heavy atom. The Morgan fingerprint density at radius 1 is 1.38 bits per heavy atom. The quantitative estimate of drug-likeness (QED) is 0.0789. The van der Waals surface area contributed by atoms with Gasteiger partial charge in [0.2, 0.25) is 11.7 Å². The van der Waals surface area contributed by atoms with Gasteiger partial charge in [0.15, 0.2) is 23.1 Å². The molecule has 0 saturated heterocycles. The zero-order valence-electron chi connectivity index (χ0n) is 25.9. The average Bonchev–Trinajstić information content (AvgIpc) is 3.08. The van der Waals surface area contributed by atoms with Gasteiger partial charge < -0.3 is 25.1 Å². The minimum Gasteiger partial charge on any atom is -0.574 e. The maximum atomic E-state index is 14.4. The molecule has 3 rings (SSSR count). The number of hydrogen-bond acceptors (Lipinski definition) is 11. The van der Waals surface area contributed by atoms with E-state index in [1.807, 2.05) is 26.0 Å².